The predicted molar refractivity (Wildman–Crippen MR) is 42.9 cm³/mol. The second-order valence-corrected chi connectivity index (χ2v) is 3.06. The number of rotatable bonds is 0. The van der Waals surface area contributed by atoms with Crippen molar-refractivity contribution in [2.24, 2.45) is 0 Å². The van der Waals surface area contributed by atoms with Crippen molar-refractivity contribution in [3.05, 3.63) is 24.0 Å². The Morgan fingerprint density at radius 1 is 1.60 bits per heavy atom. The standard InChI is InChI=1S/C6H9N3S/c1-2-5-6(4-10-9-5)8-7-3-1/h1-3,6-9H,4H2. The molecule has 2 aliphatic heterocycles. The molecule has 4 heteroatoms. The number of nitrogens with one attached hydrogen (secondary N) is 3. The summed E-state index contributed by atoms with van der Waals surface area (Å²) in [4.78, 5) is 0. The SMILES string of the molecule is C1=CNNC2CSNC2=C1. The summed E-state index contributed by atoms with van der Waals surface area (Å²) in [6, 6.07) is 0.444. The van der Waals surface area contributed by atoms with Crippen molar-refractivity contribution in [3.63, 3.8) is 0 Å². The quantitative estimate of drug-likeness (QED) is 0.434. The third-order valence-corrected chi connectivity index (χ3v) is 2.41. The van der Waals surface area contributed by atoms with Crippen LogP contribution in [-0.2, 0) is 0 Å². The van der Waals surface area contributed by atoms with Crippen LogP contribution in [0.25, 0.3) is 0 Å². The van der Waals surface area contributed by atoms with Gasteiger partial charge < -0.3 is 10.1 Å². The van der Waals surface area contributed by atoms with Crippen LogP contribution >= 0.6 is 11.9 Å². The third kappa shape index (κ3) is 0.998. The Kier molecular flexibility index (Phi) is 1.56. The minimum atomic E-state index is 0.444. The highest BCUT2D eigenvalue weighted by Crippen LogP contribution is 2.17. The van der Waals surface area contributed by atoms with Gasteiger partial charge in [0.1, 0.15) is 0 Å². The van der Waals surface area contributed by atoms with Crippen LogP contribution in [0.4, 0.5) is 0 Å². The van der Waals surface area contributed by atoms with Crippen molar-refractivity contribution < 1.29 is 0 Å². The van der Waals surface area contributed by atoms with Gasteiger partial charge in [0.05, 0.1) is 6.04 Å². The summed E-state index contributed by atoms with van der Waals surface area (Å²) >= 11 is 1.73. The minimum absolute atomic E-state index is 0.444. The lowest BCUT2D eigenvalue weighted by atomic mass is 10.2. The second-order valence-electron chi connectivity index (χ2n) is 2.24. The van der Waals surface area contributed by atoms with E-state index in [-0.39, 0.29) is 0 Å². The fourth-order valence-corrected chi connectivity index (χ4v) is 1.88. The van der Waals surface area contributed by atoms with Crippen LogP contribution in [-0.4, -0.2) is 11.8 Å². The van der Waals surface area contributed by atoms with E-state index < -0.39 is 0 Å². The summed E-state index contributed by atoms with van der Waals surface area (Å²) in [6.07, 6.45) is 5.95. The maximum absolute atomic E-state index is 3.22. The molecule has 10 heavy (non-hydrogen) atoms. The van der Waals surface area contributed by atoms with E-state index in [0.717, 1.165) is 5.75 Å². The Morgan fingerprint density at radius 3 is 3.60 bits per heavy atom. The third-order valence-electron chi connectivity index (χ3n) is 1.53. The Morgan fingerprint density at radius 2 is 2.60 bits per heavy atom. The number of hydrazine groups is 1. The second kappa shape index (κ2) is 2.56. The van der Waals surface area contributed by atoms with E-state index in [4.69, 9.17) is 0 Å². The molecule has 0 radical (unpaired) electrons. The molecule has 3 nitrogen and oxygen atoms in total. The van der Waals surface area contributed by atoms with E-state index in [2.05, 4.69) is 21.6 Å². The van der Waals surface area contributed by atoms with Crippen molar-refractivity contribution in [1.82, 2.24) is 15.6 Å². The molecule has 2 rings (SSSR count). The molecular formula is C6H9N3S. The largest absolute Gasteiger partial charge is 0.332 e. The number of fused-ring (bicyclic) bond motifs is 1. The highest BCUT2D eigenvalue weighted by atomic mass is 32.2. The molecule has 54 valence electrons. The van der Waals surface area contributed by atoms with Gasteiger partial charge in [-0.2, -0.15) is 0 Å². The van der Waals surface area contributed by atoms with Gasteiger partial charge in [-0.15, -0.1) is 0 Å². The van der Waals surface area contributed by atoms with Gasteiger partial charge in [0.2, 0.25) is 0 Å². The first kappa shape index (κ1) is 6.12. The average molecular weight is 155 g/mol. The number of hydrogen-bond donors (Lipinski definition) is 3. The molecule has 2 aliphatic rings. The van der Waals surface area contributed by atoms with E-state index in [1.807, 2.05) is 12.3 Å². The summed E-state index contributed by atoms with van der Waals surface area (Å²) in [5, 5.41) is 0. The van der Waals surface area contributed by atoms with Gasteiger partial charge in [0.15, 0.2) is 0 Å². The Labute approximate surface area is 64.1 Å². The monoisotopic (exact) mass is 155 g/mol. The fraction of sp³-hybridized carbons (Fsp3) is 0.333. The zero-order valence-corrected chi connectivity index (χ0v) is 6.24. The molecule has 1 saturated heterocycles. The van der Waals surface area contributed by atoms with E-state index >= 15 is 0 Å². The minimum Gasteiger partial charge on any atom is -0.332 e. The number of hydrogen-bond acceptors (Lipinski definition) is 4. The lowest BCUT2D eigenvalue weighted by molar-refractivity contribution is 0.569. The van der Waals surface area contributed by atoms with Gasteiger partial charge in [-0.3, -0.25) is 0 Å². The summed E-state index contributed by atoms with van der Waals surface area (Å²) < 4.78 is 3.22. The average Bonchev–Trinajstić information content (AvgIpc) is 2.28. The first-order valence-electron chi connectivity index (χ1n) is 3.22. The van der Waals surface area contributed by atoms with Crippen molar-refractivity contribution in [2.45, 2.75) is 6.04 Å². The number of allylic oxidation sites excluding steroid dienone is 2. The van der Waals surface area contributed by atoms with Crippen LogP contribution in [0, 0.1) is 0 Å². The molecule has 0 aliphatic carbocycles. The highest BCUT2D eigenvalue weighted by molar-refractivity contribution is 7.97. The first-order chi connectivity index (χ1) is 4.97. The Bertz CT molecular complexity index is 187. The molecule has 0 bridgehead atoms. The molecule has 0 aromatic carbocycles. The van der Waals surface area contributed by atoms with Crippen molar-refractivity contribution in [1.29, 1.82) is 0 Å². The predicted octanol–water partition coefficient (Wildman–Crippen LogP) is 0.112. The molecule has 0 spiro atoms. The van der Waals surface area contributed by atoms with Crippen LogP contribution in [0.15, 0.2) is 24.0 Å². The summed E-state index contributed by atoms with van der Waals surface area (Å²) in [7, 11) is 0. The molecule has 1 fully saturated rings. The maximum Gasteiger partial charge on any atom is 0.0772 e. The molecule has 2 heterocycles. The Hall–Kier alpha value is -0.610. The van der Waals surface area contributed by atoms with Crippen LogP contribution in [0.5, 0.6) is 0 Å². The molecule has 1 unspecified atom stereocenters. The lowest BCUT2D eigenvalue weighted by Gasteiger charge is -2.08. The normalized spacial score (nSPS) is 29.6. The topological polar surface area (TPSA) is 36.1 Å². The van der Waals surface area contributed by atoms with Crippen LogP contribution in [0.1, 0.15) is 0 Å². The van der Waals surface area contributed by atoms with E-state index in [0.29, 0.717) is 6.04 Å². The zero-order valence-electron chi connectivity index (χ0n) is 5.42. The highest BCUT2D eigenvalue weighted by Gasteiger charge is 2.20. The molecule has 0 aromatic rings. The van der Waals surface area contributed by atoms with E-state index in [1.54, 1.807) is 11.9 Å². The van der Waals surface area contributed by atoms with Crippen LogP contribution in [0.2, 0.25) is 0 Å². The van der Waals surface area contributed by atoms with Crippen molar-refractivity contribution in [2.75, 3.05) is 5.75 Å². The summed E-state index contributed by atoms with van der Waals surface area (Å²) in [6.45, 7) is 0. The van der Waals surface area contributed by atoms with Gasteiger partial charge in [-0.25, -0.2) is 5.43 Å². The maximum atomic E-state index is 3.22. The molecular weight excluding hydrogens is 146 g/mol. The van der Waals surface area contributed by atoms with Gasteiger partial charge in [-0.05, 0) is 12.2 Å². The van der Waals surface area contributed by atoms with E-state index in [9.17, 15) is 0 Å². The lowest BCUT2D eigenvalue weighted by Crippen LogP contribution is -2.38. The van der Waals surface area contributed by atoms with Gasteiger partial charge in [-0.1, -0.05) is 11.9 Å². The zero-order chi connectivity index (χ0) is 6.81. The molecule has 0 amide bonds. The van der Waals surface area contributed by atoms with Crippen LogP contribution < -0.4 is 15.6 Å². The van der Waals surface area contributed by atoms with E-state index in [1.165, 1.54) is 5.70 Å². The van der Waals surface area contributed by atoms with Crippen molar-refractivity contribution in [3.8, 4) is 0 Å². The van der Waals surface area contributed by atoms with Gasteiger partial charge in [0, 0.05) is 17.6 Å². The van der Waals surface area contributed by atoms with Gasteiger partial charge >= 0.3 is 0 Å². The molecule has 3 N–H and O–H groups in total. The molecule has 1 atom stereocenters. The summed E-state index contributed by atoms with van der Waals surface area (Å²) in [5.74, 6) is 1.08. The Balaban J connectivity index is 2.18. The van der Waals surface area contributed by atoms with Crippen molar-refractivity contribution >= 4 is 11.9 Å². The first-order valence-corrected chi connectivity index (χ1v) is 4.21. The molecule has 0 saturated carbocycles. The fourth-order valence-electron chi connectivity index (χ4n) is 0.987. The van der Waals surface area contributed by atoms with Gasteiger partial charge in [0.25, 0.3) is 0 Å². The summed E-state index contributed by atoms with van der Waals surface area (Å²) in [5.41, 5.74) is 7.39. The van der Waals surface area contributed by atoms with Crippen LogP contribution in [0.3, 0.4) is 0 Å². The smallest absolute Gasteiger partial charge is 0.0772 e. The molecule has 0 aromatic heterocycles.